The Kier molecular flexibility index (Phi) is 1.81. The fourth-order valence-corrected chi connectivity index (χ4v) is 1.09. The molecular formula is C9H6FNO2. The second-order valence-electron chi connectivity index (χ2n) is 2.55. The summed E-state index contributed by atoms with van der Waals surface area (Å²) < 4.78 is 17.6. The molecule has 1 aliphatic heterocycles. The van der Waals surface area contributed by atoms with E-state index in [0.717, 1.165) is 6.21 Å². The Morgan fingerprint density at radius 3 is 3.00 bits per heavy atom. The fraction of sp³-hybridized carbons (Fsp3) is 0.111. The summed E-state index contributed by atoms with van der Waals surface area (Å²) in [5, 5.41) is 0. The number of carbonyl (C=O) groups is 1. The van der Waals surface area contributed by atoms with Gasteiger partial charge < -0.3 is 4.74 Å². The van der Waals surface area contributed by atoms with E-state index in [1.165, 1.54) is 6.07 Å². The van der Waals surface area contributed by atoms with Crippen LogP contribution < -0.4 is 4.74 Å². The first-order chi connectivity index (χ1) is 6.27. The van der Waals surface area contributed by atoms with Gasteiger partial charge in [0.1, 0.15) is 5.75 Å². The van der Waals surface area contributed by atoms with E-state index in [1.54, 1.807) is 18.2 Å². The van der Waals surface area contributed by atoms with Crippen LogP contribution in [-0.4, -0.2) is 18.5 Å². The molecule has 2 rings (SSSR count). The Labute approximate surface area is 73.9 Å². The zero-order valence-electron chi connectivity index (χ0n) is 6.61. The summed E-state index contributed by atoms with van der Waals surface area (Å²) in [6.45, 7) is 0. The van der Waals surface area contributed by atoms with Gasteiger partial charge in [0.15, 0.2) is 0 Å². The number of carbonyl (C=O) groups excluding carboxylic acids is 1. The van der Waals surface area contributed by atoms with Crippen molar-refractivity contribution in [2.24, 2.45) is 4.99 Å². The van der Waals surface area contributed by atoms with Crippen LogP contribution in [0.4, 0.5) is 4.39 Å². The molecule has 0 aromatic heterocycles. The van der Waals surface area contributed by atoms with E-state index in [-0.39, 0.29) is 5.75 Å². The lowest BCUT2D eigenvalue weighted by Gasteiger charge is -2.05. The van der Waals surface area contributed by atoms with E-state index in [1.807, 2.05) is 0 Å². The molecule has 0 saturated carbocycles. The third-order valence-electron chi connectivity index (χ3n) is 1.67. The Morgan fingerprint density at radius 1 is 1.38 bits per heavy atom. The van der Waals surface area contributed by atoms with Gasteiger partial charge in [-0.3, -0.25) is 4.79 Å². The van der Waals surface area contributed by atoms with Crippen LogP contribution in [0.25, 0.3) is 0 Å². The lowest BCUT2D eigenvalue weighted by Crippen LogP contribution is -2.09. The van der Waals surface area contributed by atoms with Gasteiger partial charge in [-0.15, -0.1) is 0 Å². The van der Waals surface area contributed by atoms with Crippen molar-refractivity contribution in [3.05, 3.63) is 29.8 Å². The van der Waals surface area contributed by atoms with Crippen LogP contribution in [0.2, 0.25) is 0 Å². The van der Waals surface area contributed by atoms with E-state index >= 15 is 0 Å². The van der Waals surface area contributed by atoms with Crippen molar-refractivity contribution < 1.29 is 13.9 Å². The predicted molar refractivity (Wildman–Crippen MR) is 44.8 cm³/mol. The smallest absolute Gasteiger partial charge is 0.280 e. The molecule has 13 heavy (non-hydrogen) atoms. The SMILES string of the molecule is O=C1N=CC(F)Oc2ccccc21. The number of para-hydroxylation sites is 1. The molecule has 0 N–H and O–H groups in total. The average Bonchev–Trinajstić information content (AvgIpc) is 2.27. The molecule has 1 aromatic carbocycles. The van der Waals surface area contributed by atoms with Gasteiger partial charge in [-0.1, -0.05) is 12.1 Å². The van der Waals surface area contributed by atoms with Crippen molar-refractivity contribution in [1.29, 1.82) is 0 Å². The summed E-state index contributed by atoms with van der Waals surface area (Å²) in [6, 6.07) is 6.43. The van der Waals surface area contributed by atoms with Crippen LogP contribution in [0.15, 0.2) is 29.3 Å². The number of alkyl halides is 1. The van der Waals surface area contributed by atoms with E-state index in [0.29, 0.717) is 5.56 Å². The summed E-state index contributed by atoms with van der Waals surface area (Å²) in [4.78, 5) is 14.6. The monoisotopic (exact) mass is 179 g/mol. The number of amides is 1. The van der Waals surface area contributed by atoms with Gasteiger partial charge in [0.25, 0.3) is 12.3 Å². The summed E-state index contributed by atoms with van der Waals surface area (Å²) in [5.41, 5.74) is 0.291. The quantitative estimate of drug-likeness (QED) is 0.606. The Hall–Kier alpha value is -1.71. The van der Waals surface area contributed by atoms with Crippen molar-refractivity contribution in [2.75, 3.05) is 0 Å². The minimum absolute atomic E-state index is 0.234. The Balaban J connectivity index is 2.51. The van der Waals surface area contributed by atoms with E-state index < -0.39 is 12.3 Å². The largest absolute Gasteiger partial charge is 0.454 e. The molecule has 3 nitrogen and oxygen atoms in total. The summed E-state index contributed by atoms with van der Waals surface area (Å²) in [6.07, 6.45) is -0.796. The molecule has 1 aliphatic rings. The first kappa shape index (κ1) is 7.91. The molecule has 1 unspecified atom stereocenters. The molecule has 0 bridgehead atoms. The molecule has 1 amide bonds. The standard InChI is InChI=1S/C9H6FNO2/c10-8-5-11-9(12)6-3-1-2-4-7(6)13-8/h1-5,8H. The minimum atomic E-state index is -1.65. The molecule has 1 atom stereocenters. The molecule has 0 spiro atoms. The van der Waals surface area contributed by atoms with Gasteiger partial charge in [-0.2, -0.15) is 4.39 Å². The third-order valence-corrected chi connectivity index (χ3v) is 1.67. The molecule has 66 valence electrons. The maximum Gasteiger partial charge on any atom is 0.280 e. The highest BCUT2D eigenvalue weighted by Gasteiger charge is 2.17. The first-order valence-electron chi connectivity index (χ1n) is 3.75. The van der Waals surface area contributed by atoms with E-state index in [9.17, 15) is 9.18 Å². The van der Waals surface area contributed by atoms with Crippen molar-refractivity contribution in [1.82, 2.24) is 0 Å². The van der Waals surface area contributed by atoms with Crippen LogP contribution in [0.3, 0.4) is 0 Å². The van der Waals surface area contributed by atoms with Crippen LogP contribution >= 0.6 is 0 Å². The fourth-order valence-electron chi connectivity index (χ4n) is 1.09. The van der Waals surface area contributed by atoms with Crippen LogP contribution in [0.1, 0.15) is 10.4 Å². The highest BCUT2D eigenvalue weighted by Crippen LogP contribution is 2.22. The van der Waals surface area contributed by atoms with Crippen LogP contribution in [0.5, 0.6) is 5.75 Å². The summed E-state index contributed by atoms with van der Waals surface area (Å²) in [7, 11) is 0. The number of nitrogens with zero attached hydrogens (tertiary/aromatic N) is 1. The van der Waals surface area contributed by atoms with Crippen molar-refractivity contribution >= 4 is 12.1 Å². The summed E-state index contributed by atoms with van der Waals surface area (Å²) in [5.74, 6) is -0.242. The Bertz CT molecular complexity index is 376. The third kappa shape index (κ3) is 1.42. The lowest BCUT2D eigenvalue weighted by atomic mass is 10.2. The second kappa shape index (κ2) is 2.97. The van der Waals surface area contributed by atoms with E-state index in [2.05, 4.69) is 4.99 Å². The predicted octanol–water partition coefficient (Wildman–Crippen LogP) is 1.59. The molecule has 0 aliphatic carbocycles. The number of rotatable bonds is 0. The topological polar surface area (TPSA) is 38.7 Å². The van der Waals surface area contributed by atoms with E-state index in [4.69, 9.17) is 4.74 Å². The molecule has 1 heterocycles. The normalized spacial score (nSPS) is 20.4. The molecule has 0 saturated heterocycles. The minimum Gasteiger partial charge on any atom is -0.454 e. The molecule has 1 aromatic rings. The Morgan fingerprint density at radius 2 is 2.15 bits per heavy atom. The number of aliphatic imine (C=N–C) groups is 1. The summed E-state index contributed by atoms with van der Waals surface area (Å²) >= 11 is 0. The van der Waals surface area contributed by atoms with Gasteiger partial charge in [-0.05, 0) is 12.1 Å². The number of ether oxygens (including phenoxy) is 1. The highest BCUT2D eigenvalue weighted by atomic mass is 19.1. The number of halogens is 1. The highest BCUT2D eigenvalue weighted by molar-refractivity contribution is 6.02. The van der Waals surface area contributed by atoms with Gasteiger partial charge >= 0.3 is 0 Å². The van der Waals surface area contributed by atoms with Gasteiger partial charge in [-0.25, -0.2) is 4.99 Å². The van der Waals surface area contributed by atoms with Gasteiger partial charge in [0.2, 0.25) is 0 Å². The van der Waals surface area contributed by atoms with Gasteiger partial charge in [0.05, 0.1) is 11.8 Å². The first-order valence-corrected chi connectivity index (χ1v) is 3.75. The average molecular weight is 179 g/mol. The molecule has 0 radical (unpaired) electrons. The van der Waals surface area contributed by atoms with Crippen LogP contribution in [0, 0.1) is 0 Å². The molecule has 0 fully saturated rings. The zero-order chi connectivity index (χ0) is 9.26. The molecular weight excluding hydrogens is 173 g/mol. The maximum atomic E-state index is 12.8. The van der Waals surface area contributed by atoms with Crippen molar-refractivity contribution in [3.8, 4) is 5.75 Å². The number of hydrogen-bond acceptors (Lipinski definition) is 2. The number of hydrogen-bond donors (Lipinski definition) is 0. The van der Waals surface area contributed by atoms with Crippen LogP contribution in [-0.2, 0) is 0 Å². The number of fused-ring (bicyclic) bond motifs is 1. The number of benzene rings is 1. The van der Waals surface area contributed by atoms with Gasteiger partial charge in [0, 0.05) is 0 Å². The maximum absolute atomic E-state index is 12.8. The van der Waals surface area contributed by atoms with Crippen molar-refractivity contribution in [2.45, 2.75) is 6.36 Å². The zero-order valence-corrected chi connectivity index (χ0v) is 6.61. The second-order valence-corrected chi connectivity index (χ2v) is 2.55. The lowest BCUT2D eigenvalue weighted by molar-refractivity contribution is 0.100. The van der Waals surface area contributed by atoms with Crippen molar-refractivity contribution in [3.63, 3.8) is 0 Å². The molecule has 4 heteroatoms.